The first-order chi connectivity index (χ1) is 13.2. The zero-order chi connectivity index (χ0) is 20.3. The molecule has 1 aromatic rings. The highest BCUT2D eigenvalue weighted by Crippen LogP contribution is 2.13. The van der Waals surface area contributed by atoms with Gasteiger partial charge < -0.3 is 9.42 Å². The van der Waals surface area contributed by atoms with E-state index in [1.54, 1.807) is 4.90 Å². The van der Waals surface area contributed by atoms with Gasteiger partial charge in [-0.3, -0.25) is 14.6 Å². The van der Waals surface area contributed by atoms with Crippen LogP contribution in [0.1, 0.15) is 31.5 Å². The molecule has 2 aliphatic rings. The van der Waals surface area contributed by atoms with Crippen molar-refractivity contribution >= 4 is 15.9 Å². The average Bonchev–Trinajstić information content (AvgIpc) is 3.11. The minimum atomic E-state index is -3.18. The van der Waals surface area contributed by atoms with Gasteiger partial charge in [0.05, 0.1) is 19.3 Å². The molecule has 0 N–H and O–H groups in total. The summed E-state index contributed by atoms with van der Waals surface area (Å²) in [5.41, 5.74) is 0. The van der Waals surface area contributed by atoms with E-state index >= 15 is 0 Å². The zero-order valence-corrected chi connectivity index (χ0v) is 17.7. The average molecular weight is 415 g/mol. The molecule has 0 bridgehead atoms. The van der Waals surface area contributed by atoms with Gasteiger partial charge in [0.1, 0.15) is 0 Å². The largest absolute Gasteiger partial charge is 0.339 e. The number of carbonyl (C=O) groups excluding carboxylic acids is 1. The third-order valence-corrected chi connectivity index (χ3v) is 6.55. The first kappa shape index (κ1) is 21.2. The Hall–Kier alpha value is -1.56. The van der Waals surface area contributed by atoms with E-state index in [1.165, 1.54) is 10.6 Å². The molecule has 3 heterocycles. The maximum absolute atomic E-state index is 12.5. The van der Waals surface area contributed by atoms with Crippen molar-refractivity contribution in [2.24, 2.45) is 0 Å². The molecule has 2 aliphatic heterocycles. The van der Waals surface area contributed by atoms with Crippen LogP contribution >= 0.6 is 0 Å². The normalized spacial score (nSPS) is 20.8. The topological polar surface area (TPSA) is 103 Å². The molecule has 2 fully saturated rings. The maximum atomic E-state index is 12.5. The highest BCUT2D eigenvalue weighted by Gasteiger charge is 2.28. The van der Waals surface area contributed by atoms with E-state index in [0.717, 1.165) is 32.0 Å². The monoisotopic (exact) mass is 414 g/mol. The molecule has 0 unspecified atom stereocenters. The molecule has 11 heteroatoms. The SMILES string of the molecule is CC(C)c1noc(CN2CCN(CC(=O)N3CCN(S(C)(=O)=O)CC3)CC2)n1. The summed E-state index contributed by atoms with van der Waals surface area (Å²) in [5, 5.41) is 3.99. The van der Waals surface area contributed by atoms with Crippen LogP contribution in [0, 0.1) is 0 Å². The summed E-state index contributed by atoms with van der Waals surface area (Å²) in [6, 6.07) is 0. The van der Waals surface area contributed by atoms with Crippen LogP contribution in [-0.4, -0.2) is 109 Å². The Balaban J connectivity index is 1.40. The Labute approximate surface area is 166 Å². The maximum Gasteiger partial charge on any atom is 0.240 e. The van der Waals surface area contributed by atoms with Crippen molar-refractivity contribution < 1.29 is 17.7 Å². The van der Waals surface area contributed by atoms with Gasteiger partial charge in [0.15, 0.2) is 5.82 Å². The Morgan fingerprint density at radius 3 is 2.18 bits per heavy atom. The van der Waals surface area contributed by atoms with Gasteiger partial charge in [-0.1, -0.05) is 19.0 Å². The van der Waals surface area contributed by atoms with Crippen LogP contribution in [-0.2, 0) is 21.4 Å². The summed E-state index contributed by atoms with van der Waals surface area (Å²) in [4.78, 5) is 23.1. The smallest absolute Gasteiger partial charge is 0.240 e. The Kier molecular flexibility index (Phi) is 6.69. The van der Waals surface area contributed by atoms with E-state index in [0.29, 0.717) is 45.2 Å². The number of piperazine rings is 2. The van der Waals surface area contributed by atoms with Crippen molar-refractivity contribution in [3.63, 3.8) is 0 Å². The summed E-state index contributed by atoms with van der Waals surface area (Å²) in [7, 11) is -3.18. The highest BCUT2D eigenvalue weighted by atomic mass is 32.2. The Morgan fingerprint density at radius 2 is 1.64 bits per heavy atom. The summed E-state index contributed by atoms with van der Waals surface area (Å²) >= 11 is 0. The molecule has 0 radical (unpaired) electrons. The fraction of sp³-hybridized carbons (Fsp3) is 0.824. The predicted octanol–water partition coefficient (Wildman–Crippen LogP) is -0.586. The molecule has 0 spiro atoms. The number of rotatable bonds is 6. The lowest BCUT2D eigenvalue weighted by atomic mass is 10.2. The van der Waals surface area contributed by atoms with Crippen molar-refractivity contribution in [3.8, 4) is 0 Å². The van der Waals surface area contributed by atoms with E-state index in [2.05, 4.69) is 19.9 Å². The first-order valence-corrected chi connectivity index (χ1v) is 11.6. The predicted molar refractivity (Wildman–Crippen MR) is 103 cm³/mol. The number of nitrogens with zero attached hydrogens (tertiary/aromatic N) is 6. The molecule has 0 atom stereocenters. The van der Waals surface area contributed by atoms with Crippen LogP contribution in [0.2, 0.25) is 0 Å². The Morgan fingerprint density at radius 1 is 1.04 bits per heavy atom. The molecular weight excluding hydrogens is 384 g/mol. The van der Waals surface area contributed by atoms with E-state index in [9.17, 15) is 13.2 Å². The number of amides is 1. The molecule has 10 nitrogen and oxygen atoms in total. The number of aromatic nitrogens is 2. The second-order valence-corrected chi connectivity index (χ2v) is 9.78. The van der Waals surface area contributed by atoms with Crippen LogP contribution in [0.4, 0.5) is 0 Å². The second kappa shape index (κ2) is 8.85. The van der Waals surface area contributed by atoms with E-state index in [1.807, 2.05) is 13.8 Å². The fourth-order valence-corrected chi connectivity index (χ4v) is 4.25. The second-order valence-electron chi connectivity index (χ2n) is 7.80. The van der Waals surface area contributed by atoms with Crippen molar-refractivity contribution in [1.82, 2.24) is 29.1 Å². The first-order valence-electron chi connectivity index (χ1n) is 9.72. The molecule has 2 saturated heterocycles. The van der Waals surface area contributed by atoms with Crippen LogP contribution in [0.25, 0.3) is 0 Å². The van der Waals surface area contributed by atoms with Gasteiger partial charge in [-0.05, 0) is 0 Å². The van der Waals surface area contributed by atoms with Gasteiger partial charge in [-0.25, -0.2) is 8.42 Å². The van der Waals surface area contributed by atoms with Crippen molar-refractivity contribution in [1.29, 1.82) is 0 Å². The van der Waals surface area contributed by atoms with Crippen LogP contribution in [0.15, 0.2) is 4.52 Å². The molecule has 0 aromatic carbocycles. The summed E-state index contributed by atoms with van der Waals surface area (Å²) in [6.07, 6.45) is 1.21. The highest BCUT2D eigenvalue weighted by molar-refractivity contribution is 7.88. The van der Waals surface area contributed by atoms with Crippen LogP contribution in [0.3, 0.4) is 0 Å². The standard InChI is InChI=1S/C17H30N6O4S/c1-14(2)17-18-15(27-19-17)12-20-4-6-21(7-5-20)13-16(24)22-8-10-23(11-9-22)28(3,25)26/h14H,4-13H2,1-3H3. The minimum absolute atomic E-state index is 0.0695. The minimum Gasteiger partial charge on any atom is -0.339 e. The van der Waals surface area contributed by atoms with E-state index < -0.39 is 10.0 Å². The number of sulfonamides is 1. The van der Waals surface area contributed by atoms with Crippen molar-refractivity contribution in [3.05, 3.63) is 11.7 Å². The Bertz CT molecular complexity index is 764. The summed E-state index contributed by atoms with van der Waals surface area (Å²) in [5.74, 6) is 1.69. The number of hydrogen-bond acceptors (Lipinski definition) is 8. The molecule has 1 amide bonds. The van der Waals surface area contributed by atoms with Crippen molar-refractivity contribution in [2.45, 2.75) is 26.3 Å². The summed E-state index contributed by atoms with van der Waals surface area (Å²) in [6.45, 7) is 10.0. The molecule has 0 saturated carbocycles. The molecule has 1 aromatic heterocycles. The summed E-state index contributed by atoms with van der Waals surface area (Å²) < 4.78 is 29.9. The van der Waals surface area contributed by atoms with Crippen molar-refractivity contribution in [2.75, 3.05) is 65.2 Å². The van der Waals surface area contributed by atoms with Gasteiger partial charge >= 0.3 is 0 Å². The molecule has 28 heavy (non-hydrogen) atoms. The van der Waals surface area contributed by atoms with Crippen LogP contribution in [0.5, 0.6) is 0 Å². The van der Waals surface area contributed by atoms with Gasteiger partial charge in [0.25, 0.3) is 0 Å². The number of carbonyl (C=O) groups is 1. The fourth-order valence-electron chi connectivity index (χ4n) is 3.42. The quantitative estimate of drug-likeness (QED) is 0.609. The number of hydrogen-bond donors (Lipinski definition) is 0. The van der Waals surface area contributed by atoms with Gasteiger partial charge in [0, 0.05) is 58.3 Å². The van der Waals surface area contributed by atoms with Gasteiger partial charge in [0.2, 0.25) is 21.8 Å². The molecule has 158 valence electrons. The van der Waals surface area contributed by atoms with Gasteiger partial charge in [-0.2, -0.15) is 9.29 Å². The lowest BCUT2D eigenvalue weighted by Crippen LogP contribution is -2.54. The third-order valence-electron chi connectivity index (χ3n) is 5.24. The third kappa shape index (κ3) is 5.49. The van der Waals surface area contributed by atoms with Gasteiger partial charge in [-0.15, -0.1) is 0 Å². The molecule has 0 aliphatic carbocycles. The van der Waals surface area contributed by atoms with Crippen LogP contribution < -0.4 is 0 Å². The molecular formula is C17H30N6O4S. The lowest BCUT2D eigenvalue weighted by Gasteiger charge is -2.37. The zero-order valence-electron chi connectivity index (χ0n) is 16.9. The molecule has 3 rings (SSSR count). The van der Waals surface area contributed by atoms with E-state index in [4.69, 9.17) is 4.52 Å². The lowest BCUT2D eigenvalue weighted by molar-refractivity contribution is -0.134. The van der Waals surface area contributed by atoms with E-state index in [-0.39, 0.29) is 11.8 Å².